The van der Waals surface area contributed by atoms with Crippen LogP contribution in [0.4, 0.5) is 0 Å². The molecule has 1 aliphatic carbocycles. The van der Waals surface area contributed by atoms with Crippen molar-refractivity contribution in [2.45, 2.75) is 31.6 Å². The average Bonchev–Trinajstić information content (AvgIpc) is 2.76. The Kier molecular flexibility index (Phi) is 3.85. The van der Waals surface area contributed by atoms with Crippen molar-refractivity contribution in [3.8, 4) is 0 Å². The minimum Gasteiger partial charge on any atom is -0.303 e. The summed E-state index contributed by atoms with van der Waals surface area (Å²) in [5.41, 5.74) is 3.25. The monoisotopic (exact) mass is 325 g/mol. The third-order valence-corrected chi connectivity index (χ3v) is 5.71. The molecule has 5 heteroatoms. The van der Waals surface area contributed by atoms with Crippen LogP contribution in [-0.4, -0.2) is 11.3 Å². The van der Waals surface area contributed by atoms with Crippen molar-refractivity contribution in [3.05, 3.63) is 49.4 Å². The lowest BCUT2D eigenvalue weighted by Crippen LogP contribution is -2.20. The van der Waals surface area contributed by atoms with Gasteiger partial charge < -0.3 is 4.79 Å². The molecule has 0 fully saturated rings. The number of fused-ring (bicyclic) bond motifs is 1. The summed E-state index contributed by atoms with van der Waals surface area (Å²) in [5.74, 6) is 0.117. The van der Waals surface area contributed by atoms with E-state index in [9.17, 15) is 4.79 Å². The van der Waals surface area contributed by atoms with Crippen molar-refractivity contribution in [3.63, 3.8) is 0 Å². The second kappa shape index (κ2) is 5.47. The first-order valence-electron chi connectivity index (χ1n) is 6.44. The molecule has 2 nitrogen and oxygen atoms in total. The molecule has 2 atom stereocenters. The van der Waals surface area contributed by atoms with E-state index in [0.29, 0.717) is 9.36 Å². The lowest BCUT2D eigenvalue weighted by molar-refractivity contribution is -0.109. The maximum absolute atomic E-state index is 11.5. The Bertz CT molecular complexity index is 668. The number of hydrogen-bond acceptors (Lipinski definition) is 3. The van der Waals surface area contributed by atoms with Crippen LogP contribution in [0.25, 0.3) is 0 Å². The number of aldehydes is 1. The minimum atomic E-state index is -0.102. The van der Waals surface area contributed by atoms with Gasteiger partial charge in [0.05, 0.1) is 9.36 Å². The van der Waals surface area contributed by atoms with E-state index in [4.69, 9.17) is 23.2 Å². The Morgan fingerprint density at radius 2 is 2.25 bits per heavy atom. The number of aryl methyl sites for hydroxylation is 1. The fourth-order valence-electron chi connectivity index (χ4n) is 2.99. The van der Waals surface area contributed by atoms with Crippen molar-refractivity contribution in [1.29, 1.82) is 0 Å². The summed E-state index contributed by atoms with van der Waals surface area (Å²) in [5, 5.41) is 0.700. The van der Waals surface area contributed by atoms with E-state index in [0.717, 1.165) is 40.8 Å². The van der Waals surface area contributed by atoms with Crippen molar-refractivity contribution in [1.82, 2.24) is 4.98 Å². The zero-order valence-corrected chi connectivity index (χ0v) is 13.2. The highest BCUT2D eigenvalue weighted by atomic mass is 35.5. The molecule has 0 aliphatic heterocycles. The quantitative estimate of drug-likeness (QED) is 0.744. The molecule has 1 aliphatic rings. The molecule has 0 N–H and O–H groups in total. The van der Waals surface area contributed by atoms with Gasteiger partial charge in [-0.05, 0) is 43.0 Å². The standard InChI is InChI=1S/C15H13Cl2NOS/c1-8-2-3-18-12-5-9(4-10(7-19)14(8)12)15-11(16)6-13(17)20-15/h2-3,6-7,9-10H,4-5H2,1H3. The van der Waals surface area contributed by atoms with Gasteiger partial charge in [-0.2, -0.15) is 0 Å². The van der Waals surface area contributed by atoms with E-state index in [1.807, 2.05) is 13.0 Å². The van der Waals surface area contributed by atoms with Gasteiger partial charge in [-0.3, -0.25) is 4.98 Å². The number of rotatable bonds is 2. The Morgan fingerprint density at radius 1 is 1.45 bits per heavy atom. The van der Waals surface area contributed by atoms with Crippen LogP contribution in [0.3, 0.4) is 0 Å². The maximum Gasteiger partial charge on any atom is 0.127 e. The number of carbonyl (C=O) groups excluding carboxylic acids is 1. The molecular weight excluding hydrogens is 313 g/mol. The van der Waals surface area contributed by atoms with Gasteiger partial charge in [-0.1, -0.05) is 23.2 Å². The van der Waals surface area contributed by atoms with Crippen LogP contribution in [0.5, 0.6) is 0 Å². The Hall–Kier alpha value is -0.900. The molecule has 0 amide bonds. The summed E-state index contributed by atoms with van der Waals surface area (Å²) in [6.45, 7) is 2.03. The van der Waals surface area contributed by atoms with Gasteiger partial charge >= 0.3 is 0 Å². The molecule has 2 unspecified atom stereocenters. The van der Waals surface area contributed by atoms with Gasteiger partial charge in [0.2, 0.25) is 0 Å². The van der Waals surface area contributed by atoms with Crippen LogP contribution in [0.2, 0.25) is 9.36 Å². The average molecular weight is 326 g/mol. The number of pyridine rings is 1. The molecule has 2 heterocycles. The second-order valence-electron chi connectivity index (χ2n) is 5.13. The predicted octanol–water partition coefficient (Wildman–Crippen LogP) is 4.77. The van der Waals surface area contributed by atoms with Crippen LogP contribution in [0.15, 0.2) is 18.3 Å². The highest BCUT2D eigenvalue weighted by molar-refractivity contribution is 7.16. The molecule has 0 aromatic carbocycles. The third kappa shape index (κ3) is 2.39. The molecule has 0 radical (unpaired) electrons. The number of nitrogens with zero attached hydrogens (tertiary/aromatic N) is 1. The minimum absolute atomic E-state index is 0.102. The Labute approximate surface area is 131 Å². The van der Waals surface area contributed by atoms with Crippen LogP contribution >= 0.6 is 34.5 Å². The number of hydrogen-bond donors (Lipinski definition) is 0. The summed E-state index contributed by atoms with van der Waals surface area (Å²) in [6, 6.07) is 3.74. The highest BCUT2D eigenvalue weighted by Gasteiger charge is 2.31. The van der Waals surface area contributed by atoms with E-state index >= 15 is 0 Å². The van der Waals surface area contributed by atoms with Gasteiger partial charge in [0.1, 0.15) is 6.29 Å². The van der Waals surface area contributed by atoms with E-state index in [1.54, 1.807) is 12.3 Å². The zero-order valence-electron chi connectivity index (χ0n) is 10.9. The van der Waals surface area contributed by atoms with E-state index in [-0.39, 0.29) is 11.8 Å². The van der Waals surface area contributed by atoms with E-state index in [1.165, 1.54) is 11.3 Å². The van der Waals surface area contributed by atoms with E-state index < -0.39 is 0 Å². The van der Waals surface area contributed by atoms with Crippen LogP contribution in [-0.2, 0) is 11.2 Å². The second-order valence-corrected chi connectivity index (χ2v) is 7.25. The number of aromatic nitrogens is 1. The van der Waals surface area contributed by atoms with Crippen LogP contribution in [0.1, 0.15) is 40.0 Å². The smallest absolute Gasteiger partial charge is 0.127 e. The molecule has 20 heavy (non-hydrogen) atoms. The normalized spacial score (nSPS) is 21.6. The molecular formula is C15H13Cl2NOS. The predicted molar refractivity (Wildman–Crippen MR) is 83.2 cm³/mol. The summed E-state index contributed by atoms with van der Waals surface area (Å²) in [7, 11) is 0. The first-order chi connectivity index (χ1) is 9.60. The SMILES string of the molecule is Cc1ccnc2c1C(C=O)CC(c1sc(Cl)cc1Cl)C2. The maximum atomic E-state index is 11.5. The van der Waals surface area contributed by atoms with Gasteiger partial charge in [-0.25, -0.2) is 0 Å². The number of thiophene rings is 1. The van der Waals surface area contributed by atoms with Gasteiger partial charge in [0.15, 0.2) is 0 Å². The molecule has 0 saturated heterocycles. The summed E-state index contributed by atoms with van der Waals surface area (Å²) in [4.78, 5) is 17.0. The van der Waals surface area contributed by atoms with Gasteiger partial charge in [0.25, 0.3) is 0 Å². The summed E-state index contributed by atoms with van der Waals surface area (Å²) >= 11 is 13.8. The first-order valence-corrected chi connectivity index (χ1v) is 8.01. The molecule has 2 aromatic heterocycles. The van der Waals surface area contributed by atoms with Crippen molar-refractivity contribution >= 4 is 40.8 Å². The molecule has 0 saturated carbocycles. The topological polar surface area (TPSA) is 30.0 Å². The fourth-order valence-corrected chi connectivity index (χ4v) is 4.74. The van der Waals surface area contributed by atoms with E-state index in [2.05, 4.69) is 4.98 Å². The number of halogens is 2. The third-order valence-electron chi connectivity index (χ3n) is 3.86. The molecule has 3 rings (SSSR count). The number of carbonyl (C=O) groups is 1. The lowest BCUT2D eigenvalue weighted by atomic mass is 9.77. The summed E-state index contributed by atoms with van der Waals surface area (Å²) < 4.78 is 0.690. The lowest BCUT2D eigenvalue weighted by Gasteiger charge is -2.28. The van der Waals surface area contributed by atoms with Crippen molar-refractivity contribution in [2.75, 3.05) is 0 Å². The van der Waals surface area contributed by atoms with Crippen LogP contribution < -0.4 is 0 Å². The first kappa shape index (κ1) is 14.1. The van der Waals surface area contributed by atoms with Crippen molar-refractivity contribution < 1.29 is 4.79 Å². The van der Waals surface area contributed by atoms with Crippen molar-refractivity contribution in [2.24, 2.45) is 0 Å². The highest BCUT2D eigenvalue weighted by Crippen LogP contribution is 2.45. The summed E-state index contributed by atoms with van der Waals surface area (Å²) in [6.07, 6.45) is 4.43. The van der Waals surface area contributed by atoms with Gasteiger partial charge in [0, 0.05) is 28.6 Å². The fraction of sp³-hybridized carbons (Fsp3) is 0.333. The molecule has 0 bridgehead atoms. The molecule has 104 valence electrons. The van der Waals surface area contributed by atoms with Gasteiger partial charge in [-0.15, -0.1) is 11.3 Å². The largest absolute Gasteiger partial charge is 0.303 e. The Morgan fingerprint density at radius 3 is 2.90 bits per heavy atom. The molecule has 0 spiro atoms. The molecule has 2 aromatic rings. The Balaban J connectivity index is 2.03. The zero-order chi connectivity index (χ0) is 14.3. The van der Waals surface area contributed by atoms with Crippen LogP contribution in [0, 0.1) is 6.92 Å².